The third-order valence-electron chi connectivity index (χ3n) is 4.86. The van der Waals surface area contributed by atoms with Gasteiger partial charge in [-0.25, -0.2) is 0 Å². The second-order valence-corrected chi connectivity index (χ2v) is 9.33. The number of hydrogen-bond acceptors (Lipinski definition) is 5. The van der Waals surface area contributed by atoms with E-state index in [0.29, 0.717) is 19.6 Å². The van der Waals surface area contributed by atoms with Crippen LogP contribution in [0.5, 0.6) is 0 Å². The maximum Gasteiger partial charge on any atom is 0.306 e. The Balaban J connectivity index is 3.46. The third kappa shape index (κ3) is 21.6. The Labute approximate surface area is 185 Å². The second kappa shape index (κ2) is 18.7. The van der Waals surface area contributed by atoms with Crippen molar-refractivity contribution in [1.82, 2.24) is 0 Å². The van der Waals surface area contributed by atoms with Gasteiger partial charge >= 0.3 is 11.9 Å². The lowest BCUT2D eigenvalue weighted by Crippen LogP contribution is -2.27. The molecule has 0 aliphatic carbocycles. The topological polar surface area (TPSA) is 61.8 Å². The largest absolute Gasteiger partial charge is 0.466 e. The van der Waals surface area contributed by atoms with Crippen molar-refractivity contribution in [3.63, 3.8) is 0 Å². The Bertz CT molecular complexity index is 428. The lowest BCUT2D eigenvalue weighted by atomic mass is 10.1. The molecule has 0 N–H and O–H groups in total. The summed E-state index contributed by atoms with van der Waals surface area (Å²) in [5.41, 5.74) is -0.252. The van der Waals surface area contributed by atoms with Gasteiger partial charge in [-0.3, -0.25) is 9.59 Å². The van der Waals surface area contributed by atoms with E-state index < -0.39 is 0 Å². The van der Waals surface area contributed by atoms with Gasteiger partial charge in [-0.15, -0.1) is 0 Å². The molecule has 1 atom stereocenters. The molecule has 0 fully saturated rings. The zero-order valence-corrected chi connectivity index (χ0v) is 20.4. The van der Waals surface area contributed by atoms with Crippen LogP contribution < -0.4 is 0 Å². The van der Waals surface area contributed by atoms with Crippen LogP contribution in [0.1, 0.15) is 125 Å². The summed E-state index contributed by atoms with van der Waals surface area (Å²) < 4.78 is 16.1. The highest BCUT2D eigenvalue weighted by Gasteiger charge is 2.15. The van der Waals surface area contributed by atoms with Crippen molar-refractivity contribution in [3.05, 3.63) is 0 Å². The Morgan fingerprint density at radius 1 is 0.733 bits per heavy atom. The Morgan fingerprint density at radius 3 is 1.77 bits per heavy atom. The van der Waals surface area contributed by atoms with Crippen molar-refractivity contribution in [1.29, 1.82) is 0 Å². The van der Waals surface area contributed by atoms with E-state index in [4.69, 9.17) is 14.2 Å². The molecule has 5 heteroatoms. The average Bonchev–Trinajstić information content (AvgIpc) is 2.66. The molecule has 0 rings (SSSR count). The van der Waals surface area contributed by atoms with Crippen LogP contribution in [0.25, 0.3) is 0 Å². The predicted octanol–water partition coefficient (Wildman–Crippen LogP) is 6.76. The number of carbonyl (C=O) groups excluding carboxylic acids is 2. The summed E-state index contributed by atoms with van der Waals surface area (Å²) in [6.45, 7) is 10.8. The van der Waals surface area contributed by atoms with Crippen LogP contribution in [0.15, 0.2) is 0 Å². The van der Waals surface area contributed by atoms with Gasteiger partial charge in [-0.2, -0.15) is 0 Å². The lowest BCUT2D eigenvalue weighted by Gasteiger charge is -2.22. The Kier molecular flexibility index (Phi) is 18.0. The van der Waals surface area contributed by atoms with Gasteiger partial charge in [0.25, 0.3) is 0 Å². The highest BCUT2D eigenvalue weighted by molar-refractivity contribution is 5.72. The zero-order valence-electron chi connectivity index (χ0n) is 20.4. The van der Waals surface area contributed by atoms with Crippen LogP contribution >= 0.6 is 0 Å². The summed E-state index contributed by atoms with van der Waals surface area (Å²) in [5, 5.41) is 0. The van der Waals surface area contributed by atoms with E-state index in [0.717, 1.165) is 12.8 Å². The van der Waals surface area contributed by atoms with E-state index in [9.17, 15) is 9.59 Å². The Hall–Kier alpha value is -1.10. The van der Waals surface area contributed by atoms with Crippen molar-refractivity contribution in [2.75, 3.05) is 13.2 Å². The molecule has 0 bridgehead atoms. The average molecular weight is 429 g/mol. The molecule has 1 unspecified atom stereocenters. The van der Waals surface area contributed by atoms with Crippen LogP contribution in [0.4, 0.5) is 0 Å². The number of esters is 2. The molecule has 0 heterocycles. The fourth-order valence-corrected chi connectivity index (χ4v) is 3.09. The van der Waals surface area contributed by atoms with E-state index in [1.807, 2.05) is 27.7 Å². The smallest absolute Gasteiger partial charge is 0.306 e. The summed E-state index contributed by atoms with van der Waals surface area (Å²) in [6.07, 6.45) is 14.7. The number of rotatable bonds is 19. The molecular formula is C25H48O5. The van der Waals surface area contributed by atoms with E-state index in [1.165, 1.54) is 57.8 Å². The maximum atomic E-state index is 11.8. The highest BCUT2D eigenvalue weighted by Crippen LogP contribution is 2.12. The summed E-state index contributed by atoms with van der Waals surface area (Å²) >= 11 is 0. The van der Waals surface area contributed by atoms with Gasteiger partial charge < -0.3 is 14.2 Å². The van der Waals surface area contributed by atoms with Crippen LogP contribution in [0.2, 0.25) is 0 Å². The SMILES string of the molecule is CCCCCCCCCCCCCOC(=O)CCCC(=O)OC(C)COC(C)(C)C. The van der Waals surface area contributed by atoms with E-state index >= 15 is 0 Å². The van der Waals surface area contributed by atoms with Gasteiger partial charge in [0.05, 0.1) is 18.8 Å². The van der Waals surface area contributed by atoms with E-state index in [2.05, 4.69) is 6.92 Å². The van der Waals surface area contributed by atoms with Gasteiger partial charge in [0.1, 0.15) is 6.10 Å². The van der Waals surface area contributed by atoms with Crippen molar-refractivity contribution in [3.8, 4) is 0 Å². The maximum absolute atomic E-state index is 11.8. The first-order valence-corrected chi connectivity index (χ1v) is 12.2. The molecule has 0 amide bonds. The lowest BCUT2D eigenvalue weighted by molar-refractivity contribution is -0.154. The first kappa shape index (κ1) is 28.9. The molecule has 0 aliphatic rings. The third-order valence-corrected chi connectivity index (χ3v) is 4.86. The van der Waals surface area contributed by atoms with Gasteiger partial charge in [-0.05, 0) is 40.5 Å². The van der Waals surface area contributed by atoms with E-state index in [-0.39, 0.29) is 36.5 Å². The van der Waals surface area contributed by atoms with Crippen molar-refractivity contribution >= 4 is 11.9 Å². The molecule has 0 saturated heterocycles. The predicted molar refractivity (Wildman–Crippen MR) is 123 cm³/mol. The van der Waals surface area contributed by atoms with Crippen LogP contribution in [0, 0.1) is 0 Å². The molecule has 0 aromatic carbocycles. The Morgan fingerprint density at radius 2 is 1.23 bits per heavy atom. The molecule has 0 aromatic rings. The van der Waals surface area contributed by atoms with Crippen LogP contribution in [0.3, 0.4) is 0 Å². The monoisotopic (exact) mass is 428 g/mol. The molecule has 0 saturated carbocycles. The van der Waals surface area contributed by atoms with Crippen molar-refractivity contribution in [2.45, 2.75) is 136 Å². The molecule has 178 valence electrons. The second-order valence-electron chi connectivity index (χ2n) is 9.33. The van der Waals surface area contributed by atoms with Crippen LogP contribution in [-0.4, -0.2) is 36.9 Å². The fourth-order valence-electron chi connectivity index (χ4n) is 3.09. The van der Waals surface area contributed by atoms with E-state index in [1.54, 1.807) is 0 Å². The van der Waals surface area contributed by atoms with Crippen LogP contribution in [-0.2, 0) is 23.8 Å². The first-order valence-electron chi connectivity index (χ1n) is 12.2. The zero-order chi connectivity index (χ0) is 22.7. The number of unbranched alkanes of at least 4 members (excludes halogenated alkanes) is 10. The first-order chi connectivity index (χ1) is 14.2. The normalized spacial score (nSPS) is 12.6. The standard InChI is InChI=1S/C25H48O5/c1-6-7-8-9-10-11-12-13-14-15-16-20-28-23(26)18-17-19-24(27)30-22(2)21-29-25(3,4)5/h22H,6-21H2,1-5H3. The number of hydrogen-bond donors (Lipinski definition) is 0. The molecule has 0 aliphatic heterocycles. The molecule has 5 nitrogen and oxygen atoms in total. The molecule has 0 spiro atoms. The van der Waals surface area contributed by atoms with Crippen molar-refractivity contribution < 1.29 is 23.8 Å². The number of carbonyl (C=O) groups is 2. The minimum absolute atomic E-state index is 0.223. The molecule has 30 heavy (non-hydrogen) atoms. The van der Waals surface area contributed by atoms with Crippen molar-refractivity contribution in [2.24, 2.45) is 0 Å². The highest BCUT2D eigenvalue weighted by atomic mass is 16.6. The van der Waals surface area contributed by atoms with Gasteiger partial charge in [0.15, 0.2) is 0 Å². The summed E-state index contributed by atoms with van der Waals surface area (Å²) in [4.78, 5) is 23.5. The molecular weight excluding hydrogens is 380 g/mol. The van der Waals surface area contributed by atoms with Gasteiger partial charge in [0, 0.05) is 12.8 Å². The van der Waals surface area contributed by atoms with Gasteiger partial charge in [0.2, 0.25) is 0 Å². The minimum atomic E-state index is -0.293. The molecule has 0 aromatic heterocycles. The summed E-state index contributed by atoms with van der Waals surface area (Å²) in [5.74, 6) is -0.517. The van der Waals surface area contributed by atoms with Gasteiger partial charge in [-0.1, -0.05) is 71.1 Å². The molecule has 0 radical (unpaired) electrons. The quantitative estimate of drug-likeness (QED) is 0.168. The number of ether oxygens (including phenoxy) is 3. The minimum Gasteiger partial charge on any atom is -0.466 e. The summed E-state index contributed by atoms with van der Waals surface area (Å²) in [6, 6.07) is 0. The fraction of sp³-hybridized carbons (Fsp3) is 0.920. The summed E-state index contributed by atoms with van der Waals surface area (Å²) in [7, 11) is 0.